The lowest BCUT2D eigenvalue weighted by Gasteiger charge is -2.13. The van der Waals surface area contributed by atoms with Crippen molar-refractivity contribution in [2.45, 2.75) is 26.4 Å². The van der Waals surface area contributed by atoms with E-state index in [2.05, 4.69) is 5.32 Å². The number of nitro groups is 1. The normalized spacial score (nSPS) is 10.6. The van der Waals surface area contributed by atoms with E-state index in [1.54, 1.807) is 20.2 Å². The molecule has 0 saturated heterocycles. The molecule has 0 aliphatic heterocycles. The highest BCUT2D eigenvalue weighted by Gasteiger charge is 2.17. The highest BCUT2D eigenvalue weighted by atomic mass is 16.6. The highest BCUT2D eigenvalue weighted by molar-refractivity contribution is 5.94. The van der Waals surface area contributed by atoms with Crippen molar-refractivity contribution < 1.29 is 9.72 Å². The number of carbonyl (C=O) groups excluding carboxylic acids is 1. The van der Waals surface area contributed by atoms with Crippen molar-refractivity contribution in [1.29, 1.82) is 0 Å². The second-order valence-electron chi connectivity index (χ2n) is 4.84. The standard InChI is InChI=1S/C13H19N3O3/c1-9(2)14-8-11-7-10(13(17)15(3)4)5-6-12(11)16(18)19/h5-7,9,14H,8H2,1-4H3. The van der Waals surface area contributed by atoms with Gasteiger partial charge >= 0.3 is 0 Å². The lowest BCUT2D eigenvalue weighted by molar-refractivity contribution is -0.385. The largest absolute Gasteiger partial charge is 0.345 e. The maximum Gasteiger partial charge on any atom is 0.273 e. The quantitative estimate of drug-likeness (QED) is 0.650. The molecule has 6 nitrogen and oxygen atoms in total. The van der Waals surface area contributed by atoms with Crippen molar-refractivity contribution in [2.75, 3.05) is 14.1 Å². The number of nitro benzene ring substituents is 1. The van der Waals surface area contributed by atoms with Gasteiger partial charge in [0.1, 0.15) is 0 Å². The molecule has 0 atom stereocenters. The molecule has 0 aliphatic rings. The van der Waals surface area contributed by atoms with E-state index in [0.717, 1.165) is 0 Å². The first-order chi connectivity index (χ1) is 8.82. The Morgan fingerprint density at radius 1 is 1.42 bits per heavy atom. The molecule has 0 saturated carbocycles. The van der Waals surface area contributed by atoms with Gasteiger partial charge in [-0.2, -0.15) is 0 Å². The van der Waals surface area contributed by atoms with Crippen molar-refractivity contribution in [2.24, 2.45) is 0 Å². The number of rotatable bonds is 5. The van der Waals surface area contributed by atoms with Crippen LogP contribution in [0.5, 0.6) is 0 Å². The number of carbonyl (C=O) groups is 1. The Hall–Kier alpha value is -1.95. The molecule has 0 aromatic heterocycles. The smallest absolute Gasteiger partial charge is 0.273 e. The van der Waals surface area contributed by atoms with Gasteiger partial charge in [-0.3, -0.25) is 14.9 Å². The van der Waals surface area contributed by atoms with Crippen LogP contribution in [0.4, 0.5) is 5.69 Å². The molecule has 19 heavy (non-hydrogen) atoms. The molecule has 0 spiro atoms. The van der Waals surface area contributed by atoms with Crippen LogP contribution in [0, 0.1) is 10.1 Å². The zero-order valence-corrected chi connectivity index (χ0v) is 11.6. The van der Waals surface area contributed by atoms with Gasteiger partial charge in [-0.1, -0.05) is 13.8 Å². The molecule has 1 aromatic rings. The first-order valence-electron chi connectivity index (χ1n) is 6.05. The van der Waals surface area contributed by atoms with Gasteiger partial charge in [-0.25, -0.2) is 0 Å². The summed E-state index contributed by atoms with van der Waals surface area (Å²) in [6, 6.07) is 4.66. The van der Waals surface area contributed by atoms with Crippen LogP contribution in [0.1, 0.15) is 29.8 Å². The minimum atomic E-state index is -0.429. The molecule has 0 bridgehead atoms. The number of benzene rings is 1. The van der Waals surface area contributed by atoms with E-state index in [-0.39, 0.29) is 17.6 Å². The summed E-state index contributed by atoms with van der Waals surface area (Å²) in [7, 11) is 3.30. The van der Waals surface area contributed by atoms with Crippen LogP contribution in [0.3, 0.4) is 0 Å². The number of hydrogen-bond acceptors (Lipinski definition) is 4. The SMILES string of the molecule is CC(C)NCc1cc(C(=O)N(C)C)ccc1[N+](=O)[O-]. The number of nitrogens with zero attached hydrogens (tertiary/aromatic N) is 2. The van der Waals surface area contributed by atoms with Crippen molar-refractivity contribution in [1.82, 2.24) is 10.2 Å². The molecule has 1 aromatic carbocycles. The van der Waals surface area contributed by atoms with Crippen molar-refractivity contribution in [3.63, 3.8) is 0 Å². The topological polar surface area (TPSA) is 75.5 Å². The Morgan fingerprint density at radius 3 is 2.53 bits per heavy atom. The highest BCUT2D eigenvalue weighted by Crippen LogP contribution is 2.20. The van der Waals surface area contributed by atoms with E-state index in [4.69, 9.17) is 0 Å². The molecule has 104 valence electrons. The number of amides is 1. The molecule has 0 heterocycles. The summed E-state index contributed by atoms with van der Waals surface area (Å²) in [5, 5.41) is 14.1. The van der Waals surface area contributed by atoms with E-state index >= 15 is 0 Å². The van der Waals surface area contributed by atoms with Gasteiger partial charge in [0.05, 0.1) is 4.92 Å². The summed E-state index contributed by atoms with van der Waals surface area (Å²) in [4.78, 5) is 23.8. The Labute approximate surface area is 112 Å². The van der Waals surface area contributed by atoms with Crippen LogP contribution in [-0.4, -0.2) is 35.9 Å². The predicted molar refractivity (Wildman–Crippen MR) is 73.1 cm³/mol. The van der Waals surface area contributed by atoms with E-state index in [9.17, 15) is 14.9 Å². The monoisotopic (exact) mass is 265 g/mol. The molecular formula is C13H19N3O3. The van der Waals surface area contributed by atoms with E-state index in [0.29, 0.717) is 17.7 Å². The molecule has 1 amide bonds. The Bertz CT molecular complexity index is 484. The fraction of sp³-hybridized carbons (Fsp3) is 0.462. The summed E-state index contributed by atoms with van der Waals surface area (Å²) in [6.07, 6.45) is 0. The van der Waals surface area contributed by atoms with Crippen molar-refractivity contribution >= 4 is 11.6 Å². The van der Waals surface area contributed by atoms with E-state index in [1.165, 1.54) is 17.0 Å². The lowest BCUT2D eigenvalue weighted by Crippen LogP contribution is -2.24. The minimum absolute atomic E-state index is 0.0310. The molecular weight excluding hydrogens is 246 g/mol. The molecule has 1 N–H and O–H groups in total. The average molecular weight is 265 g/mol. The maximum atomic E-state index is 11.9. The van der Waals surface area contributed by atoms with Gasteiger partial charge in [0.25, 0.3) is 11.6 Å². The lowest BCUT2D eigenvalue weighted by atomic mass is 10.1. The van der Waals surface area contributed by atoms with Crippen LogP contribution < -0.4 is 5.32 Å². The molecule has 0 fully saturated rings. The van der Waals surface area contributed by atoms with Crippen molar-refractivity contribution in [3.05, 3.63) is 39.4 Å². The van der Waals surface area contributed by atoms with Gasteiger partial charge in [-0.05, 0) is 12.1 Å². The van der Waals surface area contributed by atoms with Crippen molar-refractivity contribution in [3.8, 4) is 0 Å². The summed E-state index contributed by atoms with van der Waals surface area (Å²) in [5.74, 6) is -0.166. The van der Waals surface area contributed by atoms with Gasteiger partial charge < -0.3 is 10.2 Å². The van der Waals surface area contributed by atoms with Crippen LogP contribution in [0.2, 0.25) is 0 Å². The van der Waals surface area contributed by atoms with Gasteiger partial charge in [-0.15, -0.1) is 0 Å². The fourth-order valence-electron chi connectivity index (χ4n) is 1.61. The van der Waals surface area contributed by atoms with E-state index in [1.807, 2.05) is 13.8 Å². The van der Waals surface area contributed by atoms with Crippen LogP contribution >= 0.6 is 0 Å². The molecule has 0 unspecified atom stereocenters. The maximum absolute atomic E-state index is 11.9. The minimum Gasteiger partial charge on any atom is -0.345 e. The van der Waals surface area contributed by atoms with Crippen LogP contribution in [0.25, 0.3) is 0 Å². The molecule has 0 radical (unpaired) electrons. The molecule has 1 rings (SSSR count). The Kier molecular flexibility index (Phi) is 5.00. The van der Waals surface area contributed by atoms with Crippen LogP contribution in [-0.2, 0) is 6.54 Å². The second kappa shape index (κ2) is 6.29. The third kappa shape index (κ3) is 4.03. The van der Waals surface area contributed by atoms with Gasteiger partial charge in [0, 0.05) is 43.9 Å². The number of nitrogens with one attached hydrogen (secondary N) is 1. The average Bonchev–Trinajstić information content (AvgIpc) is 2.34. The first kappa shape index (κ1) is 15.1. The summed E-state index contributed by atoms with van der Waals surface area (Å²) >= 11 is 0. The van der Waals surface area contributed by atoms with E-state index < -0.39 is 4.92 Å². The Morgan fingerprint density at radius 2 is 2.05 bits per heavy atom. The molecule has 0 aliphatic carbocycles. The zero-order chi connectivity index (χ0) is 14.6. The van der Waals surface area contributed by atoms with Crippen LogP contribution in [0.15, 0.2) is 18.2 Å². The van der Waals surface area contributed by atoms with Gasteiger partial charge in [0.2, 0.25) is 0 Å². The first-order valence-corrected chi connectivity index (χ1v) is 6.05. The molecule has 6 heteroatoms. The predicted octanol–water partition coefficient (Wildman–Crippen LogP) is 1.79. The zero-order valence-electron chi connectivity index (χ0n) is 11.6. The third-order valence-electron chi connectivity index (χ3n) is 2.63. The second-order valence-corrected chi connectivity index (χ2v) is 4.84. The summed E-state index contributed by atoms with van der Waals surface area (Å²) < 4.78 is 0. The third-order valence-corrected chi connectivity index (χ3v) is 2.63. The number of hydrogen-bond donors (Lipinski definition) is 1. The summed E-state index contributed by atoms with van der Waals surface area (Å²) in [5.41, 5.74) is 1.01. The fourth-order valence-corrected chi connectivity index (χ4v) is 1.61. The Balaban J connectivity index is 3.10. The van der Waals surface area contributed by atoms with Gasteiger partial charge in [0.15, 0.2) is 0 Å². The summed E-state index contributed by atoms with van der Waals surface area (Å²) in [6.45, 7) is 4.28.